The maximum Gasteiger partial charge on any atom is 0.164 e. The van der Waals surface area contributed by atoms with Gasteiger partial charge in [0.25, 0.3) is 0 Å². The number of nitrogens with one attached hydrogen (secondary N) is 1. The molecule has 2 saturated heterocycles. The average Bonchev–Trinajstić information content (AvgIpc) is 3.02. The molecule has 2 aromatic heterocycles. The Hall–Kier alpha value is -2.58. The molecule has 7 nitrogen and oxygen atoms in total. The molecule has 8 heteroatoms. The highest BCUT2D eigenvalue weighted by Gasteiger charge is 2.37. The summed E-state index contributed by atoms with van der Waals surface area (Å²) >= 11 is 0. The maximum atomic E-state index is 15.2. The van der Waals surface area contributed by atoms with Crippen molar-refractivity contribution in [3.05, 3.63) is 36.2 Å². The lowest BCUT2D eigenvalue weighted by Gasteiger charge is -2.43. The van der Waals surface area contributed by atoms with E-state index in [-0.39, 0.29) is 6.04 Å². The third-order valence-corrected chi connectivity index (χ3v) is 5.97. The summed E-state index contributed by atoms with van der Waals surface area (Å²) in [5.41, 5.74) is 9.60. The van der Waals surface area contributed by atoms with Gasteiger partial charge >= 0.3 is 0 Å². The molecule has 3 N–H and O–H groups in total. The van der Waals surface area contributed by atoms with E-state index in [0.717, 1.165) is 25.2 Å². The zero-order valence-corrected chi connectivity index (χ0v) is 15.8. The molecular weight excluding hydrogens is 357 g/mol. The van der Waals surface area contributed by atoms with Gasteiger partial charge in [-0.25, -0.2) is 19.0 Å². The summed E-state index contributed by atoms with van der Waals surface area (Å²) in [4.78, 5) is 10.8. The van der Waals surface area contributed by atoms with Gasteiger partial charge in [0.1, 0.15) is 24.0 Å². The molecule has 146 valence electrons. The van der Waals surface area contributed by atoms with E-state index in [2.05, 4.69) is 20.2 Å². The number of hydrogen-bond donors (Lipinski definition) is 2. The average molecular weight is 381 g/mol. The highest BCUT2D eigenvalue weighted by atomic mass is 19.1. The number of aromatic nitrogens is 4. The van der Waals surface area contributed by atoms with E-state index in [1.54, 1.807) is 4.68 Å². The van der Waals surface area contributed by atoms with Crippen LogP contribution in [0.15, 0.2) is 30.6 Å². The minimum atomic E-state index is -1.00. The number of hydrogen-bond acceptors (Lipinski definition) is 6. The van der Waals surface area contributed by atoms with Crippen molar-refractivity contribution in [3.63, 3.8) is 0 Å². The first-order valence-electron chi connectivity index (χ1n) is 9.76. The zero-order valence-electron chi connectivity index (χ0n) is 15.8. The van der Waals surface area contributed by atoms with Crippen molar-refractivity contribution in [2.75, 3.05) is 31.9 Å². The topological polar surface area (TPSA) is 84.9 Å². The van der Waals surface area contributed by atoms with Crippen LogP contribution in [0.3, 0.4) is 0 Å². The fourth-order valence-electron chi connectivity index (χ4n) is 4.19. The van der Waals surface area contributed by atoms with Gasteiger partial charge in [-0.05, 0) is 13.3 Å². The number of likely N-dealkylation sites (tertiary alicyclic amines) is 1. The van der Waals surface area contributed by atoms with Crippen molar-refractivity contribution in [2.45, 2.75) is 31.6 Å². The molecule has 0 saturated carbocycles. The number of fused-ring (bicyclic) bond motifs is 1. The first-order chi connectivity index (χ1) is 13.6. The van der Waals surface area contributed by atoms with Gasteiger partial charge in [0, 0.05) is 37.8 Å². The smallest absolute Gasteiger partial charge is 0.164 e. The molecule has 0 radical (unpaired) electrons. The molecule has 0 amide bonds. The fourth-order valence-corrected chi connectivity index (χ4v) is 4.19. The lowest BCUT2D eigenvalue weighted by atomic mass is 9.99. The second-order valence-corrected chi connectivity index (χ2v) is 7.80. The molecule has 1 aromatic carbocycles. The van der Waals surface area contributed by atoms with Crippen LogP contribution in [-0.2, 0) is 0 Å². The van der Waals surface area contributed by atoms with E-state index >= 15 is 4.39 Å². The van der Waals surface area contributed by atoms with Gasteiger partial charge in [-0.2, -0.15) is 5.10 Å². The van der Waals surface area contributed by atoms with Crippen LogP contribution in [0.5, 0.6) is 0 Å². The number of halogens is 1. The Morgan fingerprint density at radius 3 is 2.64 bits per heavy atom. The van der Waals surface area contributed by atoms with Crippen LogP contribution in [0.4, 0.5) is 10.2 Å². The second kappa shape index (κ2) is 6.79. The van der Waals surface area contributed by atoms with Crippen LogP contribution in [-0.4, -0.2) is 63.0 Å². The number of aryl methyl sites for hydroxylation is 1. The van der Waals surface area contributed by atoms with Gasteiger partial charge in [-0.3, -0.25) is 4.90 Å². The molecule has 2 aliphatic rings. The second-order valence-electron chi connectivity index (χ2n) is 7.80. The van der Waals surface area contributed by atoms with E-state index in [4.69, 9.17) is 10.8 Å². The fraction of sp³-hybridized carbons (Fsp3) is 0.450. The Bertz CT molecular complexity index is 996. The lowest BCUT2D eigenvalue weighted by molar-refractivity contribution is 0.0401. The number of piperidine rings is 1. The van der Waals surface area contributed by atoms with Crippen molar-refractivity contribution in [1.82, 2.24) is 30.0 Å². The number of anilines is 1. The molecule has 2 aliphatic heterocycles. The number of rotatable bonds is 3. The molecule has 4 heterocycles. The molecular formula is C20H24FN7. The van der Waals surface area contributed by atoms with Crippen LogP contribution >= 0.6 is 0 Å². The molecule has 28 heavy (non-hydrogen) atoms. The van der Waals surface area contributed by atoms with E-state index in [1.807, 2.05) is 31.2 Å². The predicted molar refractivity (Wildman–Crippen MR) is 107 cm³/mol. The van der Waals surface area contributed by atoms with Gasteiger partial charge < -0.3 is 11.1 Å². The van der Waals surface area contributed by atoms with Gasteiger partial charge in [0.05, 0.1) is 11.4 Å². The highest BCUT2D eigenvalue weighted by molar-refractivity contribution is 5.98. The van der Waals surface area contributed by atoms with Crippen molar-refractivity contribution in [3.8, 4) is 11.3 Å². The lowest BCUT2D eigenvalue weighted by Crippen LogP contribution is -2.60. The van der Waals surface area contributed by atoms with Gasteiger partial charge in [-0.15, -0.1) is 0 Å². The largest absolute Gasteiger partial charge is 0.383 e. The minimum absolute atomic E-state index is 0.347. The van der Waals surface area contributed by atoms with Crippen molar-refractivity contribution < 1.29 is 4.39 Å². The Balaban J connectivity index is 1.55. The molecule has 0 unspecified atom stereocenters. The number of nitrogens with zero attached hydrogens (tertiary/aromatic N) is 5. The van der Waals surface area contributed by atoms with Gasteiger partial charge in [0.2, 0.25) is 0 Å². The monoisotopic (exact) mass is 381 g/mol. The van der Waals surface area contributed by atoms with Crippen LogP contribution in [0.25, 0.3) is 22.3 Å². The van der Waals surface area contributed by atoms with E-state index in [0.29, 0.717) is 41.6 Å². The number of benzene rings is 1. The summed E-state index contributed by atoms with van der Waals surface area (Å²) in [6, 6.07) is 8.18. The third kappa shape index (κ3) is 2.84. The Morgan fingerprint density at radius 2 is 1.96 bits per heavy atom. The molecule has 2 atom stereocenters. The minimum Gasteiger partial charge on any atom is -0.383 e. The first kappa shape index (κ1) is 17.5. The van der Waals surface area contributed by atoms with Crippen LogP contribution in [0.1, 0.15) is 18.0 Å². The summed E-state index contributed by atoms with van der Waals surface area (Å²) in [6.07, 6.45) is 1.13. The predicted octanol–water partition coefficient (Wildman–Crippen LogP) is 1.94. The Morgan fingerprint density at radius 1 is 1.18 bits per heavy atom. The number of nitrogens with two attached hydrogens (primary N) is 1. The summed E-state index contributed by atoms with van der Waals surface area (Å²) < 4.78 is 16.9. The highest BCUT2D eigenvalue weighted by Crippen LogP contribution is 2.35. The Kier molecular flexibility index (Phi) is 4.25. The SMILES string of the molecule is Cc1ccc(-c2nn([C@H]3CCN(C4CNC4)C[C@@H]3F)c3ncnc(N)c23)cc1. The van der Waals surface area contributed by atoms with Crippen molar-refractivity contribution in [2.24, 2.45) is 0 Å². The molecule has 2 fully saturated rings. The first-order valence-corrected chi connectivity index (χ1v) is 9.76. The molecule has 0 aliphatic carbocycles. The summed E-state index contributed by atoms with van der Waals surface area (Å²) in [7, 11) is 0. The van der Waals surface area contributed by atoms with Crippen molar-refractivity contribution >= 4 is 16.9 Å². The van der Waals surface area contributed by atoms with Gasteiger partial charge in [-0.1, -0.05) is 29.8 Å². The maximum absolute atomic E-state index is 15.2. The van der Waals surface area contributed by atoms with Gasteiger partial charge in [0.15, 0.2) is 5.65 Å². The molecule has 0 bridgehead atoms. The Labute approximate surface area is 162 Å². The molecule has 3 aromatic rings. The standard InChI is InChI=1S/C20H24FN7/c1-12-2-4-13(5-3-12)18-17-19(22)24-11-25-20(17)28(26-18)16-6-7-27(10-15(16)21)14-8-23-9-14/h2-5,11,14-16,23H,6-10H2,1H3,(H2,22,24,25)/t15-,16-/m0/s1. The number of alkyl halides is 1. The zero-order chi connectivity index (χ0) is 19.3. The quantitative estimate of drug-likeness (QED) is 0.721. The van der Waals surface area contributed by atoms with Crippen LogP contribution < -0.4 is 11.1 Å². The van der Waals surface area contributed by atoms with Crippen LogP contribution in [0, 0.1) is 6.92 Å². The third-order valence-electron chi connectivity index (χ3n) is 5.97. The van der Waals surface area contributed by atoms with E-state index in [1.165, 1.54) is 11.9 Å². The van der Waals surface area contributed by atoms with Crippen molar-refractivity contribution in [1.29, 1.82) is 0 Å². The van der Waals surface area contributed by atoms with Crippen LogP contribution in [0.2, 0.25) is 0 Å². The van der Waals surface area contributed by atoms with E-state index in [9.17, 15) is 0 Å². The summed E-state index contributed by atoms with van der Waals surface area (Å²) in [5.74, 6) is 0.375. The summed E-state index contributed by atoms with van der Waals surface area (Å²) in [6.45, 7) is 5.22. The normalized spacial score (nSPS) is 23.8. The number of nitrogen functional groups attached to an aromatic ring is 1. The molecule has 0 spiro atoms. The van der Waals surface area contributed by atoms with E-state index < -0.39 is 6.17 Å². The summed E-state index contributed by atoms with van der Waals surface area (Å²) in [5, 5.41) is 8.75. The molecule has 5 rings (SSSR count).